The number of aliphatic imine (C=N–C) groups is 1. The van der Waals surface area contributed by atoms with E-state index in [1.807, 2.05) is 32.0 Å². The zero-order chi connectivity index (χ0) is 20.6. The Kier molecular flexibility index (Phi) is 12.1. The van der Waals surface area contributed by atoms with Crippen molar-refractivity contribution in [2.45, 2.75) is 32.3 Å². The van der Waals surface area contributed by atoms with E-state index in [0.29, 0.717) is 48.9 Å². The molecule has 0 aromatic heterocycles. The van der Waals surface area contributed by atoms with Crippen LogP contribution in [0.3, 0.4) is 0 Å². The minimum atomic E-state index is -0.905. The number of ether oxygens (including phenoxy) is 1. The van der Waals surface area contributed by atoms with Gasteiger partial charge in [0.05, 0.1) is 25.4 Å². The molecule has 0 radical (unpaired) electrons. The van der Waals surface area contributed by atoms with E-state index in [-0.39, 0.29) is 29.9 Å². The summed E-state index contributed by atoms with van der Waals surface area (Å²) in [6.45, 7) is 11.3. The standard InChI is InChI=1S/C20H32Cl2N4O2.HI/c1-4-23-19(24-12-15(2)18-16(21)6-5-7-17(18)22)25-13-20(3,27)14-26-8-10-28-11-9-26;/h5-7,15,27H,4,8-14H2,1-3H3,(H2,23,24,25);1H. The van der Waals surface area contributed by atoms with Crippen molar-refractivity contribution < 1.29 is 9.84 Å². The van der Waals surface area contributed by atoms with Gasteiger partial charge in [-0.2, -0.15) is 0 Å². The van der Waals surface area contributed by atoms with Crippen molar-refractivity contribution in [2.24, 2.45) is 4.99 Å². The molecule has 1 saturated heterocycles. The molecule has 166 valence electrons. The average molecular weight is 559 g/mol. The van der Waals surface area contributed by atoms with Gasteiger partial charge in [0.1, 0.15) is 0 Å². The fourth-order valence-corrected chi connectivity index (χ4v) is 3.99. The Labute approximate surface area is 201 Å². The summed E-state index contributed by atoms with van der Waals surface area (Å²) in [6, 6.07) is 5.54. The maximum absolute atomic E-state index is 10.7. The Bertz CT molecular complexity index is 635. The molecule has 3 N–H and O–H groups in total. The molecule has 1 heterocycles. The molecule has 0 spiro atoms. The lowest BCUT2D eigenvalue weighted by molar-refractivity contribution is -0.0179. The number of guanidine groups is 1. The molecule has 9 heteroatoms. The topological polar surface area (TPSA) is 69.1 Å². The van der Waals surface area contributed by atoms with E-state index in [4.69, 9.17) is 27.9 Å². The van der Waals surface area contributed by atoms with E-state index < -0.39 is 5.60 Å². The van der Waals surface area contributed by atoms with Crippen molar-refractivity contribution in [1.82, 2.24) is 15.5 Å². The second-order valence-corrected chi connectivity index (χ2v) is 8.31. The van der Waals surface area contributed by atoms with E-state index >= 15 is 0 Å². The minimum absolute atomic E-state index is 0. The molecule has 1 aliphatic heterocycles. The van der Waals surface area contributed by atoms with Crippen LogP contribution >= 0.6 is 47.2 Å². The van der Waals surface area contributed by atoms with Crippen molar-refractivity contribution in [3.63, 3.8) is 0 Å². The third-order valence-corrected chi connectivity index (χ3v) is 5.32. The Balaban J connectivity index is 0.00000420. The van der Waals surface area contributed by atoms with Crippen LogP contribution in [0.1, 0.15) is 32.3 Å². The first-order valence-corrected chi connectivity index (χ1v) is 10.6. The summed E-state index contributed by atoms with van der Waals surface area (Å²) in [5.74, 6) is 0.777. The average Bonchev–Trinajstić information content (AvgIpc) is 2.64. The SMILES string of the molecule is CCNC(=NCC(C)(O)CN1CCOCC1)NCC(C)c1c(Cl)cccc1Cl.I. The molecular weight excluding hydrogens is 526 g/mol. The van der Waals surface area contributed by atoms with Crippen molar-refractivity contribution in [1.29, 1.82) is 0 Å². The highest BCUT2D eigenvalue weighted by molar-refractivity contribution is 14.0. The number of halogens is 3. The number of hydrogen-bond acceptors (Lipinski definition) is 4. The summed E-state index contributed by atoms with van der Waals surface area (Å²) in [5, 5.41) is 18.6. The minimum Gasteiger partial charge on any atom is -0.387 e. The van der Waals surface area contributed by atoms with Gasteiger partial charge in [-0.3, -0.25) is 9.89 Å². The van der Waals surface area contributed by atoms with E-state index in [2.05, 4.69) is 27.4 Å². The second-order valence-electron chi connectivity index (χ2n) is 7.50. The summed E-state index contributed by atoms with van der Waals surface area (Å²) in [4.78, 5) is 6.79. The van der Waals surface area contributed by atoms with Gasteiger partial charge in [-0.25, -0.2) is 0 Å². The Morgan fingerprint density at radius 2 is 1.90 bits per heavy atom. The maximum Gasteiger partial charge on any atom is 0.191 e. The summed E-state index contributed by atoms with van der Waals surface area (Å²) in [6.07, 6.45) is 0. The number of rotatable bonds is 8. The van der Waals surface area contributed by atoms with Crippen molar-refractivity contribution in [3.05, 3.63) is 33.8 Å². The fourth-order valence-electron chi connectivity index (χ4n) is 3.22. The molecule has 1 aromatic rings. The van der Waals surface area contributed by atoms with Crippen LogP contribution in [0, 0.1) is 0 Å². The van der Waals surface area contributed by atoms with Crippen LogP contribution in [0.25, 0.3) is 0 Å². The normalized spacial score (nSPS) is 18.5. The number of morpholine rings is 1. The quantitative estimate of drug-likeness (QED) is 0.259. The third-order valence-electron chi connectivity index (χ3n) is 4.66. The third kappa shape index (κ3) is 9.14. The maximum atomic E-state index is 10.7. The molecule has 2 unspecified atom stereocenters. The molecule has 1 aromatic carbocycles. The van der Waals surface area contributed by atoms with Gasteiger partial charge < -0.3 is 20.5 Å². The number of nitrogens with one attached hydrogen (secondary N) is 2. The predicted molar refractivity (Wildman–Crippen MR) is 132 cm³/mol. The first kappa shape index (κ1) is 26.7. The number of benzene rings is 1. The summed E-state index contributed by atoms with van der Waals surface area (Å²) >= 11 is 12.6. The lowest BCUT2D eigenvalue weighted by Crippen LogP contribution is -2.48. The molecule has 1 fully saturated rings. The lowest BCUT2D eigenvalue weighted by Gasteiger charge is -2.33. The number of hydrogen-bond donors (Lipinski definition) is 3. The van der Waals surface area contributed by atoms with Crippen LogP contribution in [0.2, 0.25) is 10.0 Å². The van der Waals surface area contributed by atoms with Crippen LogP contribution in [-0.2, 0) is 4.74 Å². The zero-order valence-electron chi connectivity index (χ0n) is 17.4. The summed E-state index contributed by atoms with van der Waals surface area (Å²) < 4.78 is 5.36. The highest BCUT2D eigenvalue weighted by Crippen LogP contribution is 2.30. The molecule has 1 aliphatic rings. The van der Waals surface area contributed by atoms with Gasteiger partial charge in [0.25, 0.3) is 0 Å². The molecule has 0 amide bonds. The van der Waals surface area contributed by atoms with Crippen LogP contribution in [0.5, 0.6) is 0 Å². The highest BCUT2D eigenvalue weighted by Gasteiger charge is 2.25. The van der Waals surface area contributed by atoms with Crippen molar-refractivity contribution in [3.8, 4) is 0 Å². The zero-order valence-corrected chi connectivity index (χ0v) is 21.2. The lowest BCUT2D eigenvalue weighted by atomic mass is 10.0. The van der Waals surface area contributed by atoms with Gasteiger partial charge in [-0.05, 0) is 31.5 Å². The van der Waals surface area contributed by atoms with E-state index in [9.17, 15) is 5.11 Å². The van der Waals surface area contributed by atoms with Gasteiger partial charge >= 0.3 is 0 Å². The van der Waals surface area contributed by atoms with Gasteiger partial charge in [0, 0.05) is 48.7 Å². The molecule has 0 aliphatic carbocycles. The first-order valence-electron chi connectivity index (χ1n) is 9.81. The van der Waals surface area contributed by atoms with Gasteiger partial charge in [-0.1, -0.05) is 36.2 Å². The van der Waals surface area contributed by atoms with Crippen molar-refractivity contribution in [2.75, 3.05) is 52.5 Å². The summed E-state index contributed by atoms with van der Waals surface area (Å²) in [5.41, 5.74) is 0.0191. The number of aliphatic hydroxyl groups is 1. The summed E-state index contributed by atoms with van der Waals surface area (Å²) in [7, 11) is 0. The number of nitrogens with zero attached hydrogens (tertiary/aromatic N) is 2. The van der Waals surface area contributed by atoms with Crippen molar-refractivity contribution >= 4 is 53.1 Å². The molecule has 29 heavy (non-hydrogen) atoms. The molecule has 0 bridgehead atoms. The Morgan fingerprint density at radius 3 is 2.48 bits per heavy atom. The van der Waals surface area contributed by atoms with Crippen LogP contribution in [0.4, 0.5) is 0 Å². The second kappa shape index (κ2) is 13.2. The molecular formula is C20H33Cl2IN4O2. The highest BCUT2D eigenvalue weighted by atomic mass is 127. The molecule has 2 rings (SSSR count). The van der Waals surface area contributed by atoms with Crippen LogP contribution < -0.4 is 10.6 Å². The fraction of sp³-hybridized carbons (Fsp3) is 0.650. The van der Waals surface area contributed by atoms with Gasteiger partial charge in [0.15, 0.2) is 5.96 Å². The largest absolute Gasteiger partial charge is 0.387 e. The molecule has 2 atom stereocenters. The van der Waals surface area contributed by atoms with Gasteiger partial charge in [-0.15, -0.1) is 24.0 Å². The molecule has 6 nitrogen and oxygen atoms in total. The predicted octanol–water partition coefficient (Wildman–Crippen LogP) is 3.35. The van der Waals surface area contributed by atoms with E-state index in [1.54, 1.807) is 0 Å². The van der Waals surface area contributed by atoms with Gasteiger partial charge in [0.2, 0.25) is 0 Å². The van der Waals surface area contributed by atoms with Crippen LogP contribution in [-0.4, -0.2) is 74.0 Å². The smallest absolute Gasteiger partial charge is 0.191 e. The molecule has 0 saturated carbocycles. The van der Waals surface area contributed by atoms with E-state index in [1.165, 1.54) is 0 Å². The first-order chi connectivity index (χ1) is 13.3. The number of β-amino-alcohol motifs (C(OH)–C–C–N with tert-alkyl or cyclic N) is 1. The van der Waals surface area contributed by atoms with E-state index in [0.717, 1.165) is 25.2 Å². The Hall–Kier alpha value is -0.320. The van der Waals surface area contributed by atoms with Crippen LogP contribution in [0.15, 0.2) is 23.2 Å². The monoisotopic (exact) mass is 558 g/mol. The Morgan fingerprint density at radius 1 is 1.28 bits per heavy atom.